The number of carbonyl (C=O) groups is 2. The minimum Gasteiger partial charge on any atom is -0.495 e. The second-order valence-corrected chi connectivity index (χ2v) is 8.68. The van der Waals surface area contributed by atoms with Gasteiger partial charge in [0.25, 0.3) is 5.91 Å². The van der Waals surface area contributed by atoms with E-state index < -0.39 is 28.0 Å². The summed E-state index contributed by atoms with van der Waals surface area (Å²) in [6.07, 6.45) is -1.09. The smallest absolute Gasteiger partial charge is 0.338 e. The maximum Gasteiger partial charge on any atom is 0.338 e. The van der Waals surface area contributed by atoms with E-state index in [0.717, 1.165) is 11.6 Å². The molecule has 0 bridgehead atoms. The Morgan fingerprint density at radius 2 is 1.72 bits per heavy atom. The van der Waals surface area contributed by atoms with E-state index in [1.807, 2.05) is 37.3 Å². The highest BCUT2D eigenvalue weighted by molar-refractivity contribution is 7.89. The lowest BCUT2D eigenvalue weighted by atomic mass is 10.1. The summed E-state index contributed by atoms with van der Waals surface area (Å²) in [5, 5.41) is 2.78. The fourth-order valence-corrected chi connectivity index (χ4v) is 4.01. The molecule has 2 N–H and O–H groups in total. The molecule has 0 aliphatic heterocycles. The Hall–Kier alpha value is -2.95. The monoisotopic (exact) mass is 464 g/mol. The summed E-state index contributed by atoms with van der Waals surface area (Å²) in [6, 6.07) is 12.9. The van der Waals surface area contributed by atoms with Gasteiger partial charge in [0.2, 0.25) is 10.0 Å². The number of nitrogens with one attached hydrogen (secondary N) is 2. The van der Waals surface area contributed by atoms with Crippen molar-refractivity contribution >= 4 is 21.9 Å². The van der Waals surface area contributed by atoms with Crippen LogP contribution in [-0.2, 0) is 24.3 Å². The fourth-order valence-electron chi connectivity index (χ4n) is 2.81. The summed E-state index contributed by atoms with van der Waals surface area (Å²) < 4.78 is 42.7. The van der Waals surface area contributed by atoms with Crippen LogP contribution < -0.4 is 14.8 Å². The lowest BCUT2D eigenvalue weighted by Gasteiger charge is -2.18. The maximum absolute atomic E-state index is 12.6. The average molecular weight is 465 g/mol. The van der Waals surface area contributed by atoms with E-state index >= 15 is 0 Å². The Balaban J connectivity index is 2.11. The quantitative estimate of drug-likeness (QED) is 0.386. The van der Waals surface area contributed by atoms with Crippen LogP contribution in [0.5, 0.6) is 5.75 Å². The Morgan fingerprint density at radius 3 is 2.34 bits per heavy atom. The molecule has 174 valence electrons. The normalized spacial score (nSPS) is 13.1. The largest absolute Gasteiger partial charge is 0.495 e. The minimum atomic E-state index is -3.96. The van der Waals surface area contributed by atoms with Crippen LogP contribution in [-0.4, -0.2) is 53.8 Å². The van der Waals surface area contributed by atoms with Crippen molar-refractivity contribution in [1.82, 2.24) is 10.0 Å². The fraction of sp³-hybridized carbons (Fsp3) is 0.364. The Morgan fingerprint density at radius 1 is 1.03 bits per heavy atom. The second kappa shape index (κ2) is 11.6. The average Bonchev–Trinajstić information content (AvgIpc) is 2.79. The SMILES string of the molecule is COCCNS(=O)(=O)c1cc(C(=O)OC(C)C(=O)NC(C)c2ccccc2)ccc1OC. The summed E-state index contributed by atoms with van der Waals surface area (Å²) in [7, 11) is -1.20. The molecule has 0 aliphatic rings. The van der Waals surface area contributed by atoms with E-state index in [1.165, 1.54) is 33.3 Å². The molecular weight excluding hydrogens is 436 g/mol. The number of carbonyl (C=O) groups excluding carboxylic acids is 2. The van der Waals surface area contributed by atoms with Crippen LogP contribution in [0.3, 0.4) is 0 Å². The van der Waals surface area contributed by atoms with Crippen molar-refractivity contribution < 1.29 is 32.2 Å². The lowest BCUT2D eigenvalue weighted by Crippen LogP contribution is -2.37. The molecule has 0 saturated carbocycles. The predicted molar refractivity (Wildman–Crippen MR) is 118 cm³/mol. The van der Waals surface area contributed by atoms with Crippen LogP contribution in [0.1, 0.15) is 35.8 Å². The summed E-state index contributed by atoms with van der Waals surface area (Å²) in [5.74, 6) is -1.25. The zero-order valence-electron chi connectivity index (χ0n) is 18.5. The van der Waals surface area contributed by atoms with Crippen LogP contribution in [0.15, 0.2) is 53.4 Å². The van der Waals surface area contributed by atoms with Gasteiger partial charge >= 0.3 is 5.97 Å². The van der Waals surface area contributed by atoms with Gasteiger partial charge in [-0.2, -0.15) is 0 Å². The first-order chi connectivity index (χ1) is 15.2. The third-order valence-electron chi connectivity index (χ3n) is 4.60. The van der Waals surface area contributed by atoms with Gasteiger partial charge in [-0.05, 0) is 37.6 Å². The van der Waals surface area contributed by atoms with E-state index in [1.54, 1.807) is 0 Å². The molecule has 2 aromatic carbocycles. The molecule has 0 aromatic heterocycles. The number of methoxy groups -OCH3 is 2. The molecule has 1 amide bonds. The number of hydrogen-bond donors (Lipinski definition) is 2. The van der Waals surface area contributed by atoms with Crippen LogP contribution in [0.4, 0.5) is 0 Å². The maximum atomic E-state index is 12.6. The third-order valence-corrected chi connectivity index (χ3v) is 6.08. The van der Waals surface area contributed by atoms with Crippen molar-refractivity contribution in [3.63, 3.8) is 0 Å². The number of ether oxygens (including phenoxy) is 3. The molecule has 9 nitrogen and oxygen atoms in total. The molecule has 2 atom stereocenters. The van der Waals surface area contributed by atoms with Crippen molar-refractivity contribution in [1.29, 1.82) is 0 Å². The highest BCUT2D eigenvalue weighted by atomic mass is 32.2. The van der Waals surface area contributed by atoms with Gasteiger partial charge in [-0.15, -0.1) is 0 Å². The minimum absolute atomic E-state index is 0.0336. The van der Waals surface area contributed by atoms with Crippen molar-refractivity contribution in [3.05, 3.63) is 59.7 Å². The van der Waals surface area contributed by atoms with E-state index in [9.17, 15) is 18.0 Å². The molecule has 2 rings (SSSR count). The standard InChI is InChI=1S/C22H28N2O7S/c1-15(17-8-6-5-7-9-17)24-21(25)16(2)31-22(26)18-10-11-19(30-4)20(14-18)32(27,28)23-12-13-29-3/h5-11,14-16,23H,12-13H2,1-4H3,(H,24,25). The Bertz CT molecular complexity index is 1030. The van der Waals surface area contributed by atoms with Crippen molar-refractivity contribution in [2.75, 3.05) is 27.4 Å². The number of hydrogen-bond acceptors (Lipinski definition) is 7. The molecule has 0 spiro atoms. The summed E-state index contributed by atoms with van der Waals surface area (Å²) in [6.45, 7) is 3.49. The van der Waals surface area contributed by atoms with E-state index in [0.29, 0.717) is 0 Å². The molecule has 0 heterocycles. The van der Waals surface area contributed by atoms with Crippen molar-refractivity contribution in [2.24, 2.45) is 0 Å². The molecular formula is C22H28N2O7S. The molecule has 0 fully saturated rings. The first-order valence-corrected chi connectivity index (χ1v) is 11.4. The molecule has 0 saturated heterocycles. The Labute approximate surface area is 188 Å². The second-order valence-electron chi connectivity index (χ2n) is 6.94. The number of benzene rings is 2. The van der Waals surface area contributed by atoms with E-state index in [4.69, 9.17) is 14.2 Å². The Kier molecular flexibility index (Phi) is 9.18. The molecule has 2 aromatic rings. The zero-order chi connectivity index (χ0) is 23.7. The van der Waals surface area contributed by atoms with Gasteiger partial charge in [-0.3, -0.25) is 4.79 Å². The number of amides is 1. The predicted octanol–water partition coefficient (Wildman–Crippen LogP) is 2.04. The van der Waals surface area contributed by atoms with Crippen LogP contribution in [0.2, 0.25) is 0 Å². The highest BCUT2D eigenvalue weighted by Crippen LogP contribution is 2.25. The van der Waals surface area contributed by atoms with Crippen molar-refractivity contribution in [2.45, 2.75) is 30.9 Å². The molecule has 32 heavy (non-hydrogen) atoms. The molecule has 0 radical (unpaired) electrons. The molecule has 10 heteroatoms. The number of sulfonamides is 1. The highest BCUT2D eigenvalue weighted by Gasteiger charge is 2.24. The topological polar surface area (TPSA) is 120 Å². The first-order valence-electron chi connectivity index (χ1n) is 9.92. The third kappa shape index (κ3) is 6.78. The number of esters is 1. The molecule has 2 unspecified atom stereocenters. The van der Waals surface area contributed by atoms with Gasteiger partial charge in [0.15, 0.2) is 6.10 Å². The molecule has 0 aliphatic carbocycles. The van der Waals surface area contributed by atoms with Gasteiger partial charge < -0.3 is 19.5 Å². The van der Waals surface area contributed by atoms with Gasteiger partial charge in [0.05, 0.1) is 25.3 Å². The zero-order valence-corrected chi connectivity index (χ0v) is 19.3. The first kappa shape index (κ1) is 25.3. The van der Waals surface area contributed by atoms with Gasteiger partial charge in [0.1, 0.15) is 10.6 Å². The van der Waals surface area contributed by atoms with Gasteiger partial charge in [0, 0.05) is 13.7 Å². The van der Waals surface area contributed by atoms with Crippen LogP contribution in [0, 0.1) is 0 Å². The summed E-state index contributed by atoms with van der Waals surface area (Å²) >= 11 is 0. The summed E-state index contributed by atoms with van der Waals surface area (Å²) in [4.78, 5) is 24.8. The van der Waals surface area contributed by atoms with Crippen molar-refractivity contribution in [3.8, 4) is 5.75 Å². The van der Waals surface area contributed by atoms with E-state index in [-0.39, 0.29) is 35.4 Å². The van der Waals surface area contributed by atoms with Gasteiger partial charge in [-0.1, -0.05) is 30.3 Å². The van der Waals surface area contributed by atoms with Gasteiger partial charge in [-0.25, -0.2) is 17.9 Å². The van der Waals surface area contributed by atoms with Crippen LogP contribution >= 0.6 is 0 Å². The lowest BCUT2D eigenvalue weighted by molar-refractivity contribution is -0.129. The summed E-state index contributed by atoms with van der Waals surface area (Å²) in [5.41, 5.74) is 0.874. The number of rotatable bonds is 11. The van der Waals surface area contributed by atoms with E-state index in [2.05, 4.69) is 10.0 Å². The van der Waals surface area contributed by atoms with Crippen LogP contribution in [0.25, 0.3) is 0 Å².